The van der Waals surface area contributed by atoms with Gasteiger partial charge in [-0.1, -0.05) is 78.9 Å². The molecule has 3 heteroatoms. The lowest BCUT2D eigenvalue weighted by molar-refractivity contribution is 1.11. The van der Waals surface area contributed by atoms with Crippen LogP contribution in [0.1, 0.15) is 0 Å². The molecule has 1 aliphatic rings. The van der Waals surface area contributed by atoms with E-state index in [1.807, 2.05) is 12.3 Å². The number of anilines is 3. The van der Waals surface area contributed by atoms with Gasteiger partial charge in [0, 0.05) is 22.8 Å². The predicted molar refractivity (Wildman–Crippen MR) is 144 cm³/mol. The molecule has 0 fully saturated rings. The van der Waals surface area contributed by atoms with Crippen molar-refractivity contribution in [2.75, 3.05) is 4.90 Å². The second-order valence-electron chi connectivity index (χ2n) is 8.78. The average Bonchev–Trinajstić information content (AvgIpc) is 2.94. The molecule has 0 aliphatic carbocycles. The van der Waals surface area contributed by atoms with Gasteiger partial charge in [-0.25, -0.2) is 9.97 Å². The lowest BCUT2D eigenvalue weighted by Gasteiger charge is -2.32. The Balaban J connectivity index is 1.47. The number of rotatable bonds is 3. The number of para-hydroxylation sites is 1. The van der Waals surface area contributed by atoms with Gasteiger partial charge in [-0.3, -0.25) is 4.90 Å². The van der Waals surface area contributed by atoms with Crippen LogP contribution >= 0.6 is 0 Å². The molecule has 7 rings (SSSR count). The van der Waals surface area contributed by atoms with Gasteiger partial charge in [0.05, 0.1) is 5.69 Å². The van der Waals surface area contributed by atoms with E-state index in [0.29, 0.717) is 0 Å². The van der Waals surface area contributed by atoms with E-state index in [4.69, 9.17) is 4.98 Å². The van der Waals surface area contributed by atoms with E-state index in [9.17, 15) is 0 Å². The lowest BCUT2D eigenvalue weighted by Crippen LogP contribution is -2.16. The van der Waals surface area contributed by atoms with E-state index >= 15 is 0 Å². The number of nitrogens with zero attached hydrogens (tertiary/aromatic N) is 3. The van der Waals surface area contributed by atoms with Gasteiger partial charge in [0.25, 0.3) is 0 Å². The fraction of sp³-hybridized carbons (Fsp3) is 0. The van der Waals surface area contributed by atoms with Crippen molar-refractivity contribution in [3.8, 4) is 33.4 Å². The first-order chi connectivity index (χ1) is 17.4. The Hall–Kier alpha value is -4.76. The van der Waals surface area contributed by atoms with Crippen molar-refractivity contribution in [1.29, 1.82) is 0 Å². The topological polar surface area (TPSA) is 29.0 Å². The summed E-state index contributed by atoms with van der Waals surface area (Å²) < 4.78 is 0. The third kappa shape index (κ3) is 3.21. The first-order valence-corrected chi connectivity index (χ1v) is 11.7. The van der Waals surface area contributed by atoms with E-state index < -0.39 is 0 Å². The normalized spacial score (nSPS) is 11.9. The zero-order valence-electron chi connectivity index (χ0n) is 19.0. The molecule has 35 heavy (non-hydrogen) atoms. The molecule has 0 spiro atoms. The van der Waals surface area contributed by atoms with Gasteiger partial charge in [0.2, 0.25) is 0 Å². The fourth-order valence-corrected chi connectivity index (χ4v) is 5.13. The van der Waals surface area contributed by atoms with E-state index in [-0.39, 0.29) is 0 Å². The van der Waals surface area contributed by atoms with Crippen molar-refractivity contribution in [3.05, 3.63) is 128 Å². The summed E-state index contributed by atoms with van der Waals surface area (Å²) in [5.41, 5.74) is 9.25. The maximum absolute atomic E-state index is 4.73. The molecule has 0 saturated heterocycles. The molecule has 0 radical (unpaired) electrons. The molecule has 164 valence electrons. The first kappa shape index (κ1) is 19.7. The quantitative estimate of drug-likeness (QED) is 0.272. The molecule has 6 aromatic rings. The molecular weight excluding hydrogens is 426 g/mol. The highest BCUT2D eigenvalue weighted by molar-refractivity contribution is 6.14. The molecule has 3 nitrogen and oxygen atoms in total. The molecular formula is C32H21N3. The summed E-state index contributed by atoms with van der Waals surface area (Å²) in [6, 6.07) is 40.8. The van der Waals surface area contributed by atoms with Gasteiger partial charge in [0.1, 0.15) is 12.1 Å². The Kier molecular flexibility index (Phi) is 4.46. The van der Waals surface area contributed by atoms with Gasteiger partial charge in [-0.15, -0.1) is 0 Å². The van der Waals surface area contributed by atoms with E-state index in [0.717, 1.165) is 22.8 Å². The minimum Gasteiger partial charge on any atom is -0.294 e. The van der Waals surface area contributed by atoms with Crippen LogP contribution in [0.4, 0.5) is 17.2 Å². The lowest BCUT2D eigenvalue weighted by atomic mass is 9.89. The van der Waals surface area contributed by atoms with Crippen LogP contribution in [0.5, 0.6) is 0 Å². The first-order valence-electron chi connectivity index (χ1n) is 11.7. The Morgan fingerprint density at radius 2 is 1.26 bits per heavy atom. The van der Waals surface area contributed by atoms with Crippen LogP contribution in [0, 0.1) is 0 Å². The highest BCUT2D eigenvalue weighted by Gasteiger charge is 2.27. The van der Waals surface area contributed by atoms with E-state index in [1.54, 1.807) is 6.33 Å². The summed E-state index contributed by atoms with van der Waals surface area (Å²) in [4.78, 5) is 11.4. The van der Waals surface area contributed by atoms with Gasteiger partial charge >= 0.3 is 0 Å². The summed E-state index contributed by atoms with van der Waals surface area (Å²) in [6.07, 6.45) is 3.57. The highest BCUT2D eigenvalue weighted by atomic mass is 15.2. The maximum Gasteiger partial charge on any atom is 0.148 e. The number of fused-ring (bicyclic) bond motifs is 2. The number of hydrogen-bond acceptors (Lipinski definition) is 3. The van der Waals surface area contributed by atoms with Crippen LogP contribution in [-0.2, 0) is 0 Å². The second-order valence-corrected chi connectivity index (χ2v) is 8.78. The van der Waals surface area contributed by atoms with Crippen LogP contribution in [-0.4, -0.2) is 9.97 Å². The molecule has 2 heterocycles. The zero-order chi connectivity index (χ0) is 23.2. The average molecular weight is 448 g/mol. The summed E-state index contributed by atoms with van der Waals surface area (Å²) in [6.45, 7) is 0. The molecule has 5 aromatic carbocycles. The van der Waals surface area contributed by atoms with Crippen LogP contribution in [0.2, 0.25) is 0 Å². The van der Waals surface area contributed by atoms with Crippen molar-refractivity contribution in [2.24, 2.45) is 0 Å². The van der Waals surface area contributed by atoms with Gasteiger partial charge in [0.15, 0.2) is 0 Å². The maximum atomic E-state index is 4.73. The second kappa shape index (κ2) is 7.93. The van der Waals surface area contributed by atoms with Crippen LogP contribution in [0.25, 0.3) is 44.2 Å². The van der Waals surface area contributed by atoms with Crippen molar-refractivity contribution >= 4 is 28.0 Å². The molecule has 0 saturated carbocycles. The van der Waals surface area contributed by atoms with Gasteiger partial charge in [-0.05, 0) is 69.6 Å². The molecule has 0 unspecified atom stereocenters. The standard InChI is InChI=1S/C32H21N3/c1-3-9-22(10-4-1)23-11-7-12-24(17-23)26-18-25-13-8-16-30-31(25)28(19-26)29-20-33-21-34-32(29)35(30)27-14-5-2-6-15-27/h1-21H. The molecule has 0 N–H and O–H groups in total. The van der Waals surface area contributed by atoms with Crippen molar-refractivity contribution in [2.45, 2.75) is 0 Å². The third-order valence-electron chi connectivity index (χ3n) is 6.71. The predicted octanol–water partition coefficient (Wildman–Crippen LogP) is 8.41. The Morgan fingerprint density at radius 1 is 0.543 bits per heavy atom. The summed E-state index contributed by atoms with van der Waals surface area (Å²) in [7, 11) is 0. The van der Waals surface area contributed by atoms with Crippen LogP contribution in [0.15, 0.2) is 128 Å². The van der Waals surface area contributed by atoms with E-state index in [2.05, 4.69) is 119 Å². The minimum atomic E-state index is 0.904. The van der Waals surface area contributed by atoms with Gasteiger partial charge in [-0.2, -0.15) is 0 Å². The molecule has 0 bridgehead atoms. The van der Waals surface area contributed by atoms with Gasteiger partial charge < -0.3 is 0 Å². The fourth-order valence-electron chi connectivity index (χ4n) is 5.13. The smallest absolute Gasteiger partial charge is 0.148 e. The van der Waals surface area contributed by atoms with Crippen LogP contribution < -0.4 is 4.90 Å². The Morgan fingerprint density at radius 3 is 2.09 bits per heavy atom. The van der Waals surface area contributed by atoms with Crippen molar-refractivity contribution in [1.82, 2.24) is 9.97 Å². The Labute approximate surface area is 204 Å². The number of hydrogen-bond donors (Lipinski definition) is 0. The SMILES string of the molecule is c1ccc(-c2cccc(-c3cc4c5c(cccc5c3)N(c3ccccc3)c3ncncc3-4)c2)cc1. The molecule has 0 amide bonds. The number of benzene rings is 5. The highest BCUT2D eigenvalue weighted by Crippen LogP contribution is 2.50. The van der Waals surface area contributed by atoms with Crippen molar-refractivity contribution in [3.63, 3.8) is 0 Å². The zero-order valence-corrected chi connectivity index (χ0v) is 19.0. The monoisotopic (exact) mass is 447 g/mol. The molecule has 1 aliphatic heterocycles. The largest absolute Gasteiger partial charge is 0.294 e. The summed E-state index contributed by atoms with van der Waals surface area (Å²) in [5, 5.41) is 2.43. The van der Waals surface area contributed by atoms with Crippen molar-refractivity contribution < 1.29 is 0 Å². The molecule has 0 atom stereocenters. The van der Waals surface area contributed by atoms with E-state index in [1.165, 1.54) is 38.6 Å². The van der Waals surface area contributed by atoms with Crippen LogP contribution in [0.3, 0.4) is 0 Å². The summed E-state index contributed by atoms with van der Waals surface area (Å²) >= 11 is 0. The number of aromatic nitrogens is 2. The summed E-state index contributed by atoms with van der Waals surface area (Å²) in [5.74, 6) is 0.904. The minimum absolute atomic E-state index is 0.904. The molecule has 1 aromatic heterocycles. The Bertz CT molecular complexity index is 1690. The third-order valence-corrected chi connectivity index (χ3v) is 6.71.